The van der Waals surface area contributed by atoms with Crippen LogP contribution in [-0.2, 0) is 4.79 Å². The summed E-state index contributed by atoms with van der Waals surface area (Å²) in [7, 11) is 0. The summed E-state index contributed by atoms with van der Waals surface area (Å²) in [6.07, 6.45) is 0.704. The van der Waals surface area contributed by atoms with E-state index in [1.807, 2.05) is 50.2 Å². The van der Waals surface area contributed by atoms with Gasteiger partial charge in [0.25, 0.3) is 0 Å². The molecule has 0 aliphatic carbocycles. The number of carboxylic acid groups (broad SMARTS) is 1. The molecule has 0 aliphatic rings. The van der Waals surface area contributed by atoms with Crippen molar-refractivity contribution in [2.45, 2.75) is 20.3 Å². The average Bonchev–Trinajstić information content (AvgIpc) is 2.63. The van der Waals surface area contributed by atoms with Crippen molar-refractivity contribution in [3.63, 3.8) is 0 Å². The number of hydrogen-bond acceptors (Lipinski definition) is 4. The molecule has 0 saturated carbocycles. The molecule has 0 saturated heterocycles. The lowest BCUT2D eigenvalue weighted by Gasteiger charge is -2.10. The van der Waals surface area contributed by atoms with Crippen LogP contribution in [0.4, 0.5) is 5.69 Å². The van der Waals surface area contributed by atoms with Crippen molar-refractivity contribution in [3.8, 4) is 5.75 Å². The Morgan fingerprint density at radius 1 is 1.15 bits per heavy atom. The van der Waals surface area contributed by atoms with Crippen LogP contribution in [0, 0.1) is 6.92 Å². The van der Waals surface area contributed by atoms with Gasteiger partial charge >= 0.3 is 5.97 Å². The zero-order chi connectivity index (χ0) is 18.9. The van der Waals surface area contributed by atoms with Gasteiger partial charge in [0.2, 0.25) is 0 Å². The Morgan fingerprint density at radius 3 is 2.38 bits per heavy atom. The van der Waals surface area contributed by atoms with E-state index >= 15 is 0 Å². The fourth-order valence-corrected chi connectivity index (χ4v) is 2.31. The number of carboxylic acids is 1. The Bertz CT molecular complexity index is 787. The molecule has 0 unspecified atom stereocenters. The van der Waals surface area contributed by atoms with Gasteiger partial charge in [-0.1, -0.05) is 24.6 Å². The van der Waals surface area contributed by atoms with Gasteiger partial charge in [-0.15, -0.1) is 0 Å². The first-order valence-corrected chi connectivity index (χ1v) is 8.54. The molecule has 2 aromatic carbocycles. The summed E-state index contributed by atoms with van der Waals surface area (Å²) in [5, 5.41) is 16.5. The summed E-state index contributed by atoms with van der Waals surface area (Å²) in [5.74, 6) is -0.514. The smallest absolute Gasteiger partial charge is 0.341 e. The van der Waals surface area contributed by atoms with Crippen LogP contribution in [0.2, 0.25) is 0 Å². The fourth-order valence-electron chi connectivity index (χ4n) is 2.15. The molecule has 0 spiro atoms. The summed E-state index contributed by atoms with van der Waals surface area (Å²) in [4.78, 5) is 10.5. The van der Waals surface area contributed by atoms with Crippen molar-refractivity contribution >= 4 is 34.7 Å². The number of hydrazone groups is 1. The van der Waals surface area contributed by atoms with Gasteiger partial charge < -0.3 is 15.2 Å². The zero-order valence-electron chi connectivity index (χ0n) is 14.7. The van der Waals surface area contributed by atoms with Gasteiger partial charge in [-0.05, 0) is 67.5 Å². The lowest BCUT2D eigenvalue weighted by molar-refractivity contribution is -0.139. The normalized spacial score (nSPS) is 10.9. The van der Waals surface area contributed by atoms with Gasteiger partial charge in [0.05, 0.1) is 5.71 Å². The molecule has 0 fully saturated rings. The standard InChI is InChI=1S/C19H21N3O3S/c1-3-17(14-6-10-16(11-7-14)25-12-18(23)24)21-22-19(26)20-15-8-4-13(2)5-9-15/h4-11H,3,12H2,1-2H3,(H,23,24)(H2,20,22,26)/b21-17-. The van der Waals surface area contributed by atoms with Crippen LogP contribution in [0.5, 0.6) is 5.75 Å². The van der Waals surface area contributed by atoms with Gasteiger partial charge in [-0.25, -0.2) is 4.79 Å². The zero-order valence-corrected chi connectivity index (χ0v) is 15.5. The summed E-state index contributed by atoms with van der Waals surface area (Å²) in [6.45, 7) is 3.65. The van der Waals surface area contributed by atoms with Gasteiger partial charge in [0.1, 0.15) is 5.75 Å². The number of hydrogen-bond donors (Lipinski definition) is 3. The van der Waals surface area contributed by atoms with Gasteiger partial charge in [-0.2, -0.15) is 5.10 Å². The first kappa shape index (κ1) is 19.4. The van der Waals surface area contributed by atoms with E-state index in [4.69, 9.17) is 22.1 Å². The average molecular weight is 371 g/mol. The molecule has 26 heavy (non-hydrogen) atoms. The second-order valence-corrected chi connectivity index (χ2v) is 5.96. The maximum Gasteiger partial charge on any atom is 0.341 e. The molecule has 2 aromatic rings. The van der Waals surface area contributed by atoms with Crippen LogP contribution in [0.15, 0.2) is 53.6 Å². The molecule has 7 heteroatoms. The first-order chi connectivity index (χ1) is 12.5. The number of nitrogens with one attached hydrogen (secondary N) is 2. The molecular formula is C19H21N3O3S. The minimum Gasteiger partial charge on any atom is -0.482 e. The molecule has 0 heterocycles. The highest BCUT2D eigenvalue weighted by Crippen LogP contribution is 2.14. The molecule has 0 bridgehead atoms. The largest absolute Gasteiger partial charge is 0.482 e. The van der Waals surface area contributed by atoms with E-state index in [0.717, 1.165) is 17.0 Å². The van der Waals surface area contributed by atoms with Crippen molar-refractivity contribution in [3.05, 3.63) is 59.7 Å². The summed E-state index contributed by atoms with van der Waals surface area (Å²) in [5.41, 5.74) is 6.64. The Labute approximate surface area is 157 Å². The van der Waals surface area contributed by atoms with E-state index in [1.54, 1.807) is 12.1 Å². The fraction of sp³-hybridized carbons (Fsp3) is 0.211. The molecular weight excluding hydrogens is 350 g/mol. The number of aryl methyl sites for hydroxylation is 1. The molecule has 0 aromatic heterocycles. The monoisotopic (exact) mass is 371 g/mol. The van der Waals surface area contributed by atoms with E-state index in [1.165, 1.54) is 5.56 Å². The molecule has 0 amide bonds. The second kappa shape index (κ2) is 9.53. The summed E-state index contributed by atoms with van der Waals surface area (Å²) in [6, 6.07) is 15.0. The SMILES string of the molecule is CC/C(=N/NC(=S)Nc1ccc(C)cc1)c1ccc(OCC(=O)O)cc1. The molecule has 0 aliphatic heterocycles. The number of anilines is 1. The maximum absolute atomic E-state index is 10.5. The minimum absolute atomic E-state index is 0.366. The number of thiocarbonyl (C=S) groups is 1. The van der Waals surface area contributed by atoms with Gasteiger partial charge in [-0.3, -0.25) is 5.43 Å². The number of ether oxygens (including phenoxy) is 1. The van der Waals surface area contributed by atoms with E-state index in [0.29, 0.717) is 17.3 Å². The third-order valence-corrected chi connectivity index (χ3v) is 3.68. The van der Waals surface area contributed by atoms with Gasteiger partial charge in [0.15, 0.2) is 11.7 Å². The second-order valence-electron chi connectivity index (χ2n) is 5.55. The van der Waals surface area contributed by atoms with Crippen LogP contribution in [-0.4, -0.2) is 28.5 Å². The van der Waals surface area contributed by atoms with Crippen LogP contribution in [0.25, 0.3) is 0 Å². The Morgan fingerprint density at radius 2 is 1.81 bits per heavy atom. The Kier molecular flexibility index (Phi) is 7.11. The third kappa shape index (κ3) is 6.18. The summed E-state index contributed by atoms with van der Waals surface area (Å²) < 4.78 is 5.12. The summed E-state index contributed by atoms with van der Waals surface area (Å²) >= 11 is 5.26. The van der Waals surface area contributed by atoms with Crippen molar-refractivity contribution in [1.29, 1.82) is 0 Å². The van der Waals surface area contributed by atoms with Crippen molar-refractivity contribution in [2.75, 3.05) is 11.9 Å². The Hall–Kier alpha value is -2.93. The first-order valence-electron chi connectivity index (χ1n) is 8.13. The lowest BCUT2D eigenvalue weighted by atomic mass is 10.1. The van der Waals surface area contributed by atoms with Crippen LogP contribution >= 0.6 is 12.2 Å². The molecule has 3 N–H and O–H groups in total. The highest BCUT2D eigenvalue weighted by Gasteiger charge is 2.04. The topological polar surface area (TPSA) is 83.0 Å². The molecule has 6 nitrogen and oxygen atoms in total. The molecule has 0 radical (unpaired) electrons. The molecule has 2 rings (SSSR count). The van der Waals surface area contributed by atoms with E-state index in [9.17, 15) is 4.79 Å². The van der Waals surface area contributed by atoms with Gasteiger partial charge in [0, 0.05) is 5.69 Å². The lowest BCUT2D eigenvalue weighted by Crippen LogP contribution is -2.25. The minimum atomic E-state index is -1.01. The maximum atomic E-state index is 10.5. The van der Waals surface area contributed by atoms with E-state index < -0.39 is 5.97 Å². The van der Waals surface area contributed by atoms with Crippen molar-refractivity contribution in [1.82, 2.24) is 5.43 Å². The quantitative estimate of drug-likeness (QED) is 0.392. The third-order valence-electron chi connectivity index (χ3n) is 3.49. The highest BCUT2D eigenvalue weighted by atomic mass is 32.1. The number of nitrogens with zero attached hydrogens (tertiary/aromatic N) is 1. The van der Waals surface area contributed by atoms with E-state index in [2.05, 4.69) is 15.8 Å². The van der Waals surface area contributed by atoms with Crippen LogP contribution in [0.3, 0.4) is 0 Å². The number of benzene rings is 2. The highest BCUT2D eigenvalue weighted by molar-refractivity contribution is 7.80. The molecule has 0 atom stereocenters. The van der Waals surface area contributed by atoms with Crippen molar-refractivity contribution in [2.24, 2.45) is 5.10 Å². The predicted octanol–water partition coefficient (Wildman–Crippen LogP) is 3.56. The number of rotatable bonds is 7. The molecule has 136 valence electrons. The Balaban J connectivity index is 1.97. The number of carbonyl (C=O) groups is 1. The number of aliphatic carboxylic acids is 1. The predicted molar refractivity (Wildman–Crippen MR) is 107 cm³/mol. The van der Waals surface area contributed by atoms with Crippen molar-refractivity contribution < 1.29 is 14.6 Å². The van der Waals surface area contributed by atoms with Crippen LogP contribution < -0.4 is 15.5 Å². The van der Waals surface area contributed by atoms with Crippen LogP contribution in [0.1, 0.15) is 24.5 Å². The van der Waals surface area contributed by atoms with E-state index in [-0.39, 0.29) is 6.61 Å².